The maximum Gasteiger partial charge on any atom is 0.243 e. The highest BCUT2D eigenvalue weighted by molar-refractivity contribution is 5.91. The summed E-state index contributed by atoms with van der Waals surface area (Å²) in [6.07, 6.45) is 0.318. The van der Waals surface area contributed by atoms with Crippen LogP contribution in [0.2, 0.25) is 0 Å². The van der Waals surface area contributed by atoms with Gasteiger partial charge in [-0.1, -0.05) is 6.92 Å². The predicted molar refractivity (Wildman–Crippen MR) is 69.1 cm³/mol. The molecule has 18 heavy (non-hydrogen) atoms. The van der Waals surface area contributed by atoms with Crippen molar-refractivity contribution in [3.8, 4) is 0 Å². The second-order valence-corrected chi connectivity index (χ2v) is 4.47. The van der Waals surface area contributed by atoms with Crippen LogP contribution >= 0.6 is 0 Å². The Morgan fingerprint density at radius 2 is 1.83 bits per heavy atom. The minimum atomic E-state index is -0.767. The first-order valence-corrected chi connectivity index (χ1v) is 6.08. The van der Waals surface area contributed by atoms with Gasteiger partial charge < -0.3 is 15.5 Å². The summed E-state index contributed by atoms with van der Waals surface area (Å²) in [5.74, 6) is -0.669. The molecule has 0 heterocycles. The SMILES string of the molecule is CCC(=O)NC(CC(C)=O)C(=O)NCCN(C)C. The Hall–Kier alpha value is -1.43. The number of hydrogen-bond donors (Lipinski definition) is 2. The van der Waals surface area contributed by atoms with Gasteiger partial charge in [0.15, 0.2) is 0 Å². The third-order valence-electron chi connectivity index (χ3n) is 2.32. The molecule has 6 nitrogen and oxygen atoms in total. The lowest BCUT2D eigenvalue weighted by Gasteiger charge is -2.18. The van der Waals surface area contributed by atoms with E-state index in [-0.39, 0.29) is 24.0 Å². The minimum absolute atomic E-state index is 0.0273. The van der Waals surface area contributed by atoms with Gasteiger partial charge in [-0.25, -0.2) is 0 Å². The molecule has 1 unspecified atom stereocenters. The van der Waals surface area contributed by atoms with E-state index in [1.165, 1.54) is 6.92 Å². The van der Waals surface area contributed by atoms with E-state index < -0.39 is 6.04 Å². The van der Waals surface area contributed by atoms with Crippen LogP contribution < -0.4 is 10.6 Å². The highest BCUT2D eigenvalue weighted by atomic mass is 16.2. The number of rotatable bonds is 8. The summed E-state index contributed by atoms with van der Waals surface area (Å²) in [4.78, 5) is 36.1. The maximum atomic E-state index is 11.8. The summed E-state index contributed by atoms with van der Waals surface area (Å²) in [5, 5.41) is 5.25. The van der Waals surface area contributed by atoms with Gasteiger partial charge >= 0.3 is 0 Å². The lowest BCUT2D eigenvalue weighted by molar-refractivity contribution is -0.130. The monoisotopic (exact) mass is 257 g/mol. The molecule has 0 aromatic carbocycles. The predicted octanol–water partition coefficient (Wildman–Crippen LogP) is -0.462. The average molecular weight is 257 g/mol. The number of carbonyl (C=O) groups is 3. The molecule has 0 aliphatic heterocycles. The molecule has 1 atom stereocenters. The Labute approximate surface area is 108 Å². The molecule has 2 amide bonds. The van der Waals surface area contributed by atoms with Crippen molar-refractivity contribution in [1.82, 2.24) is 15.5 Å². The van der Waals surface area contributed by atoms with Gasteiger partial charge in [-0.2, -0.15) is 0 Å². The van der Waals surface area contributed by atoms with E-state index in [2.05, 4.69) is 10.6 Å². The Balaban J connectivity index is 4.31. The number of likely N-dealkylation sites (N-methyl/N-ethyl adjacent to an activating group) is 1. The Bertz CT molecular complexity index is 303. The topological polar surface area (TPSA) is 78.5 Å². The van der Waals surface area contributed by atoms with E-state index in [4.69, 9.17) is 0 Å². The number of nitrogens with one attached hydrogen (secondary N) is 2. The Morgan fingerprint density at radius 1 is 1.22 bits per heavy atom. The molecule has 0 spiro atoms. The molecule has 0 saturated heterocycles. The van der Waals surface area contributed by atoms with Crippen LogP contribution in [-0.2, 0) is 14.4 Å². The molecule has 0 aromatic heterocycles. The zero-order chi connectivity index (χ0) is 14.1. The van der Waals surface area contributed by atoms with Gasteiger partial charge in [0, 0.05) is 25.9 Å². The first kappa shape index (κ1) is 16.6. The van der Waals surface area contributed by atoms with Crippen LogP contribution in [0.25, 0.3) is 0 Å². The second kappa shape index (κ2) is 8.63. The van der Waals surface area contributed by atoms with Crippen molar-refractivity contribution in [3.63, 3.8) is 0 Å². The van der Waals surface area contributed by atoms with Crippen molar-refractivity contribution >= 4 is 17.6 Å². The van der Waals surface area contributed by atoms with Gasteiger partial charge in [0.05, 0.1) is 0 Å². The molecule has 104 valence electrons. The van der Waals surface area contributed by atoms with Crippen molar-refractivity contribution < 1.29 is 14.4 Å². The van der Waals surface area contributed by atoms with Gasteiger partial charge in [0.2, 0.25) is 11.8 Å². The van der Waals surface area contributed by atoms with Crippen molar-refractivity contribution in [2.45, 2.75) is 32.7 Å². The summed E-state index contributed by atoms with van der Waals surface area (Å²) in [5.41, 5.74) is 0. The van der Waals surface area contributed by atoms with Crippen molar-refractivity contribution in [2.24, 2.45) is 0 Å². The van der Waals surface area contributed by atoms with E-state index in [0.717, 1.165) is 0 Å². The summed E-state index contributed by atoms with van der Waals surface area (Å²) >= 11 is 0. The fourth-order valence-corrected chi connectivity index (χ4v) is 1.32. The van der Waals surface area contributed by atoms with E-state index in [1.54, 1.807) is 6.92 Å². The number of ketones is 1. The molecule has 6 heteroatoms. The zero-order valence-electron chi connectivity index (χ0n) is 11.6. The molecule has 0 saturated carbocycles. The van der Waals surface area contributed by atoms with E-state index >= 15 is 0 Å². The molecule has 0 bridgehead atoms. The highest BCUT2D eigenvalue weighted by Gasteiger charge is 2.21. The van der Waals surface area contributed by atoms with Crippen LogP contribution in [0.4, 0.5) is 0 Å². The fourth-order valence-electron chi connectivity index (χ4n) is 1.32. The molecule has 0 rings (SSSR count). The minimum Gasteiger partial charge on any atom is -0.353 e. The quantitative estimate of drug-likeness (QED) is 0.616. The Kier molecular flexibility index (Phi) is 7.94. The Morgan fingerprint density at radius 3 is 2.28 bits per heavy atom. The largest absolute Gasteiger partial charge is 0.353 e. The number of carbonyl (C=O) groups excluding carboxylic acids is 3. The molecule has 0 aromatic rings. The first-order chi connectivity index (χ1) is 8.36. The smallest absolute Gasteiger partial charge is 0.243 e. The van der Waals surface area contributed by atoms with Crippen LogP contribution in [-0.4, -0.2) is 55.7 Å². The molecule has 0 aliphatic carbocycles. The van der Waals surface area contributed by atoms with Gasteiger partial charge in [0.25, 0.3) is 0 Å². The highest BCUT2D eigenvalue weighted by Crippen LogP contribution is 1.95. The molecular formula is C12H23N3O3. The van der Waals surface area contributed by atoms with Gasteiger partial charge in [-0.15, -0.1) is 0 Å². The zero-order valence-corrected chi connectivity index (χ0v) is 11.6. The molecular weight excluding hydrogens is 234 g/mol. The van der Waals surface area contributed by atoms with Crippen molar-refractivity contribution in [3.05, 3.63) is 0 Å². The lowest BCUT2D eigenvalue weighted by atomic mass is 10.1. The summed E-state index contributed by atoms with van der Waals surface area (Å²) in [7, 11) is 3.80. The summed E-state index contributed by atoms with van der Waals surface area (Å²) < 4.78 is 0. The van der Waals surface area contributed by atoms with Gasteiger partial charge in [0.1, 0.15) is 11.8 Å². The number of nitrogens with zero attached hydrogens (tertiary/aromatic N) is 1. The lowest BCUT2D eigenvalue weighted by Crippen LogP contribution is -2.48. The van der Waals surface area contributed by atoms with E-state index in [1.807, 2.05) is 19.0 Å². The van der Waals surface area contributed by atoms with Crippen LogP contribution in [0, 0.1) is 0 Å². The number of amides is 2. The molecule has 0 radical (unpaired) electrons. The van der Waals surface area contributed by atoms with E-state index in [9.17, 15) is 14.4 Å². The van der Waals surface area contributed by atoms with Crippen LogP contribution in [0.1, 0.15) is 26.7 Å². The standard InChI is InChI=1S/C12H23N3O3/c1-5-11(17)14-10(8-9(2)16)12(18)13-6-7-15(3)4/h10H,5-8H2,1-4H3,(H,13,18)(H,14,17). The maximum absolute atomic E-state index is 11.8. The first-order valence-electron chi connectivity index (χ1n) is 6.08. The third-order valence-corrected chi connectivity index (χ3v) is 2.32. The van der Waals surface area contributed by atoms with Crippen molar-refractivity contribution in [2.75, 3.05) is 27.2 Å². The fraction of sp³-hybridized carbons (Fsp3) is 0.750. The van der Waals surface area contributed by atoms with E-state index in [0.29, 0.717) is 19.5 Å². The van der Waals surface area contributed by atoms with Crippen LogP contribution in [0.15, 0.2) is 0 Å². The van der Waals surface area contributed by atoms with Gasteiger partial charge in [-0.3, -0.25) is 14.4 Å². The molecule has 0 aliphatic rings. The summed E-state index contributed by atoms with van der Waals surface area (Å²) in [6.45, 7) is 4.30. The molecule has 2 N–H and O–H groups in total. The number of Topliss-reactive ketones (excluding diaryl/α,β-unsaturated/α-hetero) is 1. The molecule has 0 fully saturated rings. The van der Waals surface area contributed by atoms with Crippen molar-refractivity contribution in [1.29, 1.82) is 0 Å². The summed E-state index contributed by atoms with van der Waals surface area (Å²) in [6, 6.07) is -0.767. The normalized spacial score (nSPS) is 12.1. The van der Waals surface area contributed by atoms with Crippen LogP contribution in [0.3, 0.4) is 0 Å². The average Bonchev–Trinajstić information content (AvgIpc) is 2.26. The van der Waals surface area contributed by atoms with Crippen LogP contribution in [0.5, 0.6) is 0 Å². The second-order valence-electron chi connectivity index (χ2n) is 4.47. The van der Waals surface area contributed by atoms with Gasteiger partial charge in [-0.05, 0) is 21.0 Å². The third kappa shape index (κ3) is 7.78. The number of hydrogen-bond acceptors (Lipinski definition) is 4.